The third-order valence-electron chi connectivity index (χ3n) is 4.12. The molecule has 4 rings (SSSR count). The van der Waals surface area contributed by atoms with Crippen LogP contribution in [0.4, 0.5) is 10.1 Å². The molecule has 0 saturated carbocycles. The van der Waals surface area contributed by atoms with Gasteiger partial charge in [0.25, 0.3) is 11.5 Å². The number of fused-ring (bicyclic) bond motifs is 1. The van der Waals surface area contributed by atoms with Crippen molar-refractivity contribution in [3.63, 3.8) is 0 Å². The zero-order valence-corrected chi connectivity index (χ0v) is 14.1. The van der Waals surface area contributed by atoms with Crippen molar-refractivity contribution < 1.29 is 9.18 Å². The van der Waals surface area contributed by atoms with Gasteiger partial charge in [0, 0.05) is 11.1 Å². The van der Waals surface area contributed by atoms with E-state index in [0.717, 1.165) is 6.07 Å². The van der Waals surface area contributed by atoms with Gasteiger partial charge in [-0.1, -0.05) is 36.4 Å². The number of halogens is 1. The highest BCUT2D eigenvalue weighted by molar-refractivity contribution is 6.06. The molecule has 1 heterocycles. The minimum atomic E-state index is -0.497. The summed E-state index contributed by atoms with van der Waals surface area (Å²) in [7, 11) is 0. The number of carbonyl (C=O) groups excluding carboxylic acids is 1. The van der Waals surface area contributed by atoms with Crippen LogP contribution in [-0.4, -0.2) is 15.9 Å². The fourth-order valence-corrected chi connectivity index (χ4v) is 2.83. The lowest BCUT2D eigenvalue weighted by molar-refractivity contribution is 0.102. The van der Waals surface area contributed by atoms with Crippen LogP contribution in [0.25, 0.3) is 22.3 Å². The maximum Gasteiger partial charge on any atom is 0.275 e. The predicted octanol–water partition coefficient (Wildman–Crippen LogP) is 3.98. The van der Waals surface area contributed by atoms with Crippen molar-refractivity contribution in [2.24, 2.45) is 0 Å². The summed E-state index contributed by atoms with van der Waals surface area (Å²) in [6, 6.07) is 19.5. The summed E-state index contributed by atoms with van der Waals surface area (Å²) in [5, 5.41) is 2.73. The molecule has 3 aromatic carbocycles. The monoisotopic (exact) mass is 359 g/mol. The molecule has 0 atom stereocenters. The highest BCUT2D eigenvalue weighted by Gasteiger charge is 2.14. The van der Waals surface area contributed by atoms with Gasteiger partial charge in [-0.25, -0.2) is 9.37 Å². The van der Waals surface area contributed by atoms with Crippen LogP contribution in [0.2, 0.25) is 0 Å². The Morgan fingerprint density at radius 3 is 2.59 bits per heavy atom. The Balaban J connectivity index is 1.77. The van der Waals surface area contributed by atoms with Crippen LogP contribution in [0.5, 0.6) is 0 Å². The Morgan fingerprint density at radius 2 is 1.74 bits per heavy atom. The van der Waals surface area contributed by atoms with Gasteiger partial charge in [-0.15, -0.1) is 0 Å². The average Bonchev–Trinajstić information content (AvgIpc) is 2.68. The molecule has 5 nitrogen and oxygen atoms in total. The SMILES string of the molecule is O=C(Nc1ccccc1-c1nc2ccccc2[nH]c1=O)c1cccc(F)c1. The van der Waals surface area contributed by atoms with E-state index in [1.54, 1.807) is 36.4 Å². The summed E-state index contributed by atoms with van der Waals surface area (Å²) in [5.41, 5.74) is 2.19. The van der Waals surface area contributed by atoms with E-state index in [-0.39, 0.29) is 16.8 Å². The summed E-state index contributed by atoms with van der Waals surface area (Å²) in [6.45, 7) is 0. The molecule has 27 heavy (non-hydrogen) atoms. The Morgan fingerprint density at radius 1 is 0.963 bits per heavy atom. The fourth-order valence-electron chi connectivity index (χ4n) is 2.83. The number of nitrogens with one attached hydrogen (secondary N) is 2. The van der Waals surface area contributed by atoms with Crippen molar-refractivity contribution in [2.75, 3.05) is 5.32 Å². The summed E-state index contributed by atoms with van der Waals surface area (Å²) < 4.78 is 13.4. The minimum absolute atomic E-state index is 0.185. The molecule has 0 radical (unpaired) electrons. The largest absolute Gasteiger partial charge is 0.321 e. The number of hydrogen-bond donors (Lipinski definition) is 2. The first-order chi connectivity index (χ1) is 13.1. The first-order valence-electron chi connectivity index (χ1n) is 8.27. The molecule has 0 aliphatic heterocycles. The van der Waals surface area contributed by atoms with Gasteiger partial charge in [-0.2, -0.15) is 0 Å². The number of anilines is 1. The Hall–Kier alpha value is -3.80. The number of para-hydroxylation sites is 3. The van der Waals surface area contributed by atoms with Crippen molar-refractivity contribution in [1.29, 1.82) is 0 Å². The molecule has 0 bridgehead atoms. The van der Waals surface area contributed by atoms with E-state index in [1.807, 2.05) is 12.1 Å². The molecule has 0 saturated heterocycles. The van der Waals surface area contributed by atoms with Crippen LogP contribution in [0.15, 0.2) is 77.6 Å². The molecule has 1 amide bonds. The second-order valence-corrected chi connectivity index (χ2v) is 5.94. The molecule has 132 valence electrons. The van der Waals surface area contributed by atoms with Gasteiger partial charge in [-0.05, 0) is 36.4 Å². The molecule has 6 heteroatoms. The molecule has 4 aromatic rings. The second kappa shape index (κ2) is 6.84. The van der Waals surface area contributed by atoms with Crippen molar-refractivity contribution in [1.82, 2.24) is 9.97 Å². The number of aromatic nitrogens is 2. The Kier molecular flexibility index (Phi) is 4.22. The number of hydrogen-bond acceptors (Lipinski definition) is 3. The van der Waals surface area contributed by atoms with Crippen LogP contribution in [-0.2, 0) is 0 Å². The summed E-state index contributed by atoms with van der Waals surface area (Å²) >= 11 is 0. The van der Waals surface area contributed by atoms with Crippen molar-refractivity contribution in [2.45, 2.75) is 0 Å². The highest BCUT2D eigenvalue weighted by atomic mass is 19.1. The molecule has 0 spiro atoms. The molecular weight excluding hydrogens is 345 g/mol. The molecule has 0 aliphatic rings. The van der Waals surface area contributed by atoms with E-state index in [2.05, 4.69) is 15.3 Å². The number of benzene rings is 3. The van der Waals surface area contributed by atoms with E-state index in [4.69, 9.17) is 0 Å². The maximum absolute atomic E-state index is 13.4. The van der Waals surface area contributed by atoms with Crippen LogP contribution in [0, 0.1) is 5.82 Å². The van der Waals surface area contributed by atoms with E-state index in [0.29, 0.717) is 22.3 Å². The molecule has 0 fully saturated rings. The van der Waals surface area contributed by atoms with Gasteiger partial charge >= 0.3 is 0 Å². The van der Waals surface area contributed by atoms with Gasteiger partial charge in [0.05, 0.1) is 16.7 Å². The van der Waals surface area contributed by atoms with E-state index in [1.165, 1.54) is 18.2 Å². The smallest absolute Gasteiger partial charge is 0.275 e. The maximum atomic E-state index is 13.4. The third kappa shape index (κ3) is 3.32. The molecule has 0 unspecified atom stereocenters. The van der Waals surface area contributed by atoms with Crippen molar-refractivity contribution in [3.05, 3.63) is 94.5 Å². The quantitative estimate of drug-likeness (QED) is 0.581. The summed E-state index contributed by atoms with van der Waals surface area (Å²) in [6.07, 6.45) is 0. The Labute approximate surface area is 153 Å². The van der Waals surface area contributed by atoms with Gasteiger partial charge in [0.1, 0.15) is 11.5 Å². The number of carbonyl (C=O) groups is 1. The lowest BCUT2D eigenvalue weighted by atomic mass is 10.1. The summed E-state index contributed by atoms with van der Waals surface area (Å²) in [5.74, 6) is -0.970. The average molecular weight is 359 g/mol. The van der Waals surface area contributed by atoms with Gasteiger partial charge in [0.15, 0.2) is 0 Å². The van der Waals surface area contributed by atoms with Crippen LogP contribution < -0.4 is 10.9 Å². The summed E-state index contributed by atoms with van der Waals surface area (Å²) in [4.78, 5) is 32.2. The van der Waals surface area contributed by atoms with Gasteiger partial charge < -0.3 is 10.3 Å². The van der Waals surface area contributed by atoms with Crippen LogP contribution >= 0.6 is 0 Å². The molecular formula is C21H14FN3O2. The number of amides is 1. The molecule has 1 aromatic heterocycles. The van der Waals surface area contributed by atoms with Crippen molar-refractivity contribution >= 4 is 22.6 Å². The van der Waals surface area contributed by atoms with E-state index >= 15 is 0 Å². The zero-order chi connectivity index (χ0) is 18.8. The number of H-pyrrole nitrogens is 1. The second-order valence-electron chi connectivity index (χ2n) is 5.94. The van der Waals surface area contributed by atoms with Crippen LogP contribution in [0.3, 0.4) is 0 Å². The first kappa shape index (κ1) is 16.7. The molecule has 2 N–H and O–H groups in total. The van der Waals surface area contributed by atoms with E-state index < -0.39 is 11.7 Å². The molecule has 0 aliphatic carbocycles. The third-order valence-corrected chi connectivity index (χ3v) is 4.12. The van der Waals surface area contributed by atoms with Crippen molar-refractivity contribution in [3.8, 4) is 11.3 Å². The first-order valence-corrected chi connectivity index (χ1v) is 8.27. The van der Waals surface area contributed by atoms with E-state index in [9.17, 15) is 14.0 Å². The van der Waals surface area contributed by atoms with Gasteiger partial charge in [0.2, 0.25) is 0 Å². The predicted molar refractivity (Wildman–Crippen MR) is 102 cm³/mol. The lowest BCUT2D eigenvalue weighted by Crippen LogP contribution is -2.16. The minimum Gasteiger partial charge on any atom is -0.321 e. The number of aromatic amines is 1. The normalized spacial score (nSPS) is 10.7. The zero-order valence-electron chi connectivity index (χ0n) is 14.1. The topological polar surface area (TPSA) is 74.8 Å². The van der Waals surface area contributed by atoms with Crippen LogP contribution in [0.1, 0.15) is 10.4 Å². The number of nitrogens with zero attached hydrogens (tertiary/aromatic N) is 1. The highest BCUT2D eigenvalue weighted by Crippen LogP contribution is 2.25. The standard InChI is InChI=1S/C21H14FN3O2/c22-14-7-5-6-13(12-14)20(26)24-16-9-2-1-8-15(16)19-21(27)25-18-11-4-3-10-17(18)23-19/h1-12H,(H,24,26)(H,25,27). The number of rotatable bonds is 3. The fraction of sp³-hybridized carbons (Fsp3) is 0. The lowest BCUT2D eigenvalue weighted by Gasteiger charge is -2.11. The van der Waals surface area contributed by atoms with Gasteiger partial charge in [-0.3, -0.25) is 9.59 Å². The Bertz CT molecular complexity index is 1220.